The molecule has 6 heteroatoms. The third-order valence-corrected chi connectivity index (χ3v) is 5.53. The molecule has 1 saturated heterocycles. The molecule has 1 aliphatic heterocycles. The summed E-state index contributed by atoms with van der Waals surface area (Å²) in [6, 6.07) is 4.14. The number of anilines is 1. The van der Waals surface area contributed by atoms with Gasteiger partial charge in [0.05, 0.1) is 17.4 Å². The number of ketones is 1. The molecule has 2 atom stereocenters. The van der Waals surface area contributed by atoms with Crippen molar-refractivity contribution < 1.29 is 9.53 Å². The van der Waals surface area contributed by atoms with Crippen molar-refractivity contribution in [2.24, 2.45) is 0 Å². The van der Waals surface area contributed by atoms with Crippen molar-refractivity contribution in [2.45, 2.75) is 37.7 Å². The lowest BCUT2D eigenvalue weighted by atomic mass is 9.86. The van der Waals surface area contributed by atoms with Gasteiger partial charge >= 0.3 is 0 Å². The van der Waals surface area contributed by atoms with Crippen molar-refractivity contribution in [3.63, 3.8) is 0 Å². The molecule has 0 radical (unpaired) electrons. The first-order valence-electron chi connectivity index (χ1n) is 8.07. The van der Waals surface area contributed by atoms with Gasteiger partial charge in [0.15, 0.2) is 5.78 Å². The first-order valence-corrected chi connectivity index (χ1v) is 8.95. The van der Waals surface area contributed by atoms with E-state index in [0.29, 0.717) is 17.9 Å². The highest BCUT2D eigenvalue weighted by Crippen LogP contribution is 2.34. The summed E-state index contributed by atoms with van der Waals surface area (Å²) in [5.41, 5.74) is 1.55. The van der Waals surface area contributed by atoms with E-state index >= 15 is 0 Å². The van der Waals surface area contributed by atoms with Crippen LogP contribution in [0.25, 0.3) is 0 Å². The Morgan fingerprint density at radius 2 is 2.35 bits per heavy atom. The second-order valence-electron chi connectivity index (χ2n) is 6.11. The van der Waals surface area contributed by atoms with E-state index in [1.54, 1.807) is 17.5 Å². The van der Waals surface area contributed by atoms with Crippen LogP contribution in [-0.2, 0) is 11.2 Å². The summed E-state index contributed by atoms with van der Waals surface area (Å²) in [4.78, 5) is 22.5. The highest BCUT2D eigenvalue weighted by Gasteiger charge is 2.28. The van der Waals surface area contributed by atoms with E-state index in [9.17, 15) is 4.79 Å². The first-order chi connectivity index (χ1) is 11.3. The second kappa shape index (κ2) is 6.37. The van der Waals surface area contributed by atoms with Crippen LogP contribution in [0.4, 0.5) is 5.95 Å². The quantitative estimate of drug-likeness (QED) is 0.934. The van der Waals surface area contributed by atoms with Crippen LogP contribution in [0, 0.1) is 0 Å². The van der Waals surface area contributed by atoms with E-state index in [4.69, 9.17) is 4.74 Å². The molecule has 3 heterocycles. The van der Waals surface area contributed by atoms with Crippen LogP contribution < -0.4 is 5.32 Å². The molecule has 0 aromatic carbocycles. The number of Topliss-reactive ketones (excluding diaryl/α,β-unsaturated/α-hetero) is 1. The molecule has 23 heavy (non-hydrogen) atoms. The summed E-state index contributed by atoms with van der Waals surface area (Å²) in [7, 11) is 0. The Bertz CT molecular complexity index is 696. The zero-order valence-electron chi connectivity index (χ0n) is 12.8. The molecule has 0 saturated carbocycles. The highest BCUT2D eigenvalue weighted by molar-refractivity contribution is 7.10. The van der Waals surface area contributed by atoms with Crippen molar-refractivity contribution in [1.29, 1.82) is 0 Å². The van der Waals surface area contributed by atoms with Gasteiger partial charge in [-0.2, -0.15) is 0 Å². The average Bonchev–Trinajstić information content (AvgIpc) is 3.26. The third kappa shape index (κ3) is 3.14. The summed E-state index contributed by atoms with van der Waals surface area (Å²) in [6.07, 6.45) is 5.48. The van der Waals surface area contributed by atoms with Gasteiger partial charge in [-0.05, 0) is 30.7 Å². The molecule has 0 amide bonds. The van der Waals surface area contributed by atoms with Gasteiger partial charge in [0, 0.05) is 36.6 Å². The summed E-state index contributed by atoms with van der Waals surface area (Å²) in [5, 5.41) is 5.30. The Morgan fingerprint density at radius 1 is 1.39 bits per heavy atom. The van der Waals surface area contributed by atoms with E-state index in [1.165, 1.54) is 4.88 Å². The maximum absolute atomic E-state index is 12.4. The number of hydrogen-bond donors (Lipinski definition) is 1. The lowest BCUT2D eigenvalue weighted by molar-refractivity contribution is 0.0963. The number of ether oxygens (including phenoxy) is 1. The Kier molecular flexibility index (Phi) is 4.10. The molecular weight excluding hydrogens is 310 g/mol. The molecule has 0 unspecified atom stereocenters. The van der Waals surface area contributed by atoms with Crippen molar-refractivity contribution in [3.8, 4) is 0 Å². The summed E-state index contributed by atoms with van der Waals surface area (Å²) >= 11 is 1.71. The lowest BCUT2D eigenvalue weighted by Crippen LogP contribution is -2.23. The SMILES string of the molecule is O=C1C[C@@H](c2cccs2)Cc2nc(NC[C@H]3CCCO3)ncc21. The summed E-state index contributed by atoms with van der Waals surface area (Å²) < 4.78 is 5.60. The van der Waals surface area contributed by atoms with Crippen LogP contribution in [-0.4, -0.2) is 35.0 Å². The Morgan fingerprint density at radius 3 is 3.13 bits per heavy atom. The van der Waals surface area contributed by atoms with Crippen molar-refractivity contribution in [1.82, 2.24) is 9.97 Å². The molecule has 4 rings (SSSR count). The minimum atomic E-state index is 0.148. The average molecular weight is 329 g/mol. The van der Waals surface area contributed by atoms with E-state index in [2.05, 4.69) is 26.7 Å². The van der Waals surface area contributed by atoms with E-state index < -0.39 is 0 Å². The van der Waals surface area contributed by atoms with Crippen molar-refractivity contribution in [2.75, 3.05) is 18.5 Å². The molecule has 120 valence electrons. The van der Waals surface area contributed by atoms with Gasteiger partial charge in [-0.15, -0.1) is 11.3 Å². The Hall–Kier alpha value is -1.79. The molecule has 0 bridgehead atoms. The first kappa shape index (κ1) is 14.8. The molecule has 2 aliphatic rings. The predicted molar refractivity (Wildman–Crippen MR) is 89.2 cm³/mol. The number of aromatic nitrogens is 2. The van der Waals surface area contributed by atoms with Crippen molar-refractivity contribution >= 4 is 23.1 Å². The van der Waals surface area contributed by atoms with Crippen LogP contribution in [0.15, 0.2) is 23.7 Å². The number of rotatable bonds is 4. The van der Waals surface area contributed by atoms with Gasteiger partial charge in [0.2, 0.25) is 5.95 Å². The number of fused-ring (bicyclic) bond motifs is 1. The third-order valence-electron chi connectivity index (χ3n) is 4.50. The largest absolute Gasteiger partial charge is 0.376 e. The molecule has 2 aromatic heterocycles. The van der Waals surface area contributed by atoms with Gasteiger partial charge in [-0.25, -0.2) is 9.97 Å². The van der Waals surface area contributed by atoms with Gasteiger partial charge in [-0.1, -0.05) is 6.07 Å². The number of carbonyl (C=O) groups excluding carboxylic acids is 1. The van der Waals surface area contributed by atoms with Gasteiger partial charge < -0.3 is 10.1 Å². The van der Waals surface area contributed by atoms with Crippen LogP contribution in [0.1, 0.15) is 46.1 Å². The Labute approximate surface area is 139 Å². The van der Waals surface area contributed by atoms with Crippen LogP contribution >= 0.6 is 11.3 Å². The summed E-state index contributed by atoms with van der Waals surface area (Å²) in [6.45, 7) is 1.56. The fourth-order valence-corrected chi connectivity index (χ4v) is 4.10. The van der Waals surface area contributed by atoms with E-state index in [1.807, 2.05) is 6.07 Å². The van der Waals surface area contributed by atoms with Crippen molar-refractivity contribution in [3.05, 3.63) is 39.8 Å². The monoisotopic (exact) mass is 329 g/mol. The van der Waals surface area contributed by atoms with Crippen LogP contribution in [0.5, 0.6) is 0 Å². The fraction of sp³-hybridized carbons (Fsp3) is 0.471. The molecule has 1 fully saturated rings. The predicted octanol–water partition coefficient (Wildman–Crippen LogP) is 3.04. The number of nitrogens with zero attached hydrogens (tertiary/aromatic N) is 2. The summed E-state index contributed by atoms with van der Waals surface area (Å²) in [5.74, 6) is 0.991. The molecule has 1 N–H and O–H groups in total. The molecule has 2 aromatic rings. The normalized spacial score (nSPS) is 23.7. The second-order valence-corrected chi connectivity index (χ2v) is 7.09. The lowest BCUT2D eigenvalue weighted by Gasteiger charge is -2.22. The smallest absolute Gasteiger partial charge is 0.222 e. The van der Waals surface area contributed by atoms with Crippen LogP contribution in [0.3, 0.4) is 0 Å². The minimum absolute atomic E-state index is 0.148. The maximum Gasteiger partial charge on any atom is 0.222 e. The molecule has 1 aliphatic carbocycles. The van der Waals surface area contributed by atoms with E-state index in [0.717, 1.165) is 38.1 Å². The van der Waals surface area contributed by atoms with Gasteiger partial charge in [0.1, 0.15) is 0 Å². The zero-order chi connectivity index (χ0) is 15.6. The molecule has 5 nitrogen and oxygen atoms in total. The zero-order valence-corrected chi connectivity index (χ0v) is 13.6. The molecular formula is C17H19N3O2S. The number of carbonyl (C=O) groups is 1. The maximum atomic E-state index is 12.4. The topological polar surface area (TPSA) is 64.1 Å². The fourth-order valence-electron chi connectivity index (χ4n) is 3.27. The Balaban J connectivity index is 1.50. The van der Waals surface area contributed by atoms with E-state index in [-0.39, 0.29) is 17.8 Å². The van der Waals surface area contributed by atoms with Crippen LogP contribution in [0.2, 0.25) is 0 Å². The molecule has 0 spiro atoms. The number of nitrogens with one attached hydrogen (secondary N) is 1. The highest BCUT2D eigenvalue weighted by atomic mass is 32.1. The van der Waals surface area contributed by atoms with Gasteiger partial charge in [-0.3, -0.25) is 4.79 Å². The number of thiophene rings is 1. The standard InChI is InChI=1S/C17H19N3O2S/c21-15-8-11(16-4-2-6-23-16)7-14-13(15)10-19-17(20-14)18-9-12-3-1-5-22-12/h2,4,6,10-12H,1,3,5,7-9H2,(H,18,19,20)/t11-,12+/m0/s1. The van der Waals surface area contributed by atoms with Gasteiger partial charge in [0.25, 0.3) is 0 Å². The minimum Gasteiger partial charge on any atom is -0.376 e. The number of hydrogen-bond acceptors (Lipinski definition) is 6.